The van der Waals surface area contributed by atoms with Crippen LogP contribution < -0.4 is 5.32 Å². The SMILES string of the molecule is Cc1cccc2c1[C@@H](C)CCN2. The molecule has 0 saturated carbocycles. The molecule has 1 aromatic carbocycles. The molecule has 1 aliphatic rings. The lowest BCUT2D eigenvalue weighted by Crippen LogP contribution is -2.15. The lowest BCUT2D eigenvalue weighted by Gasteiger charge is -2.25. The van der Waals surface area contributed by atoms with Crippen molar-refractivity contribution in [1.82, 2.24) is 0 Å². The molecule has 0 unspecified atom stereocenters. The zero-order valence-electron chi connectivity index (χ0n) is 7.72. The molecule has 0 saturated heterocycles. The van der Waals surface area contributed by atoms with Gasteiger partial charge in [0, 0.05) is 12.2 Å². The number of aryl methyl sites for hydroxylation is 1. The molecule has 0 radical (unpaired) electrons. The first-order chi connectivity index (χ1) is 5.79. The van der Waals surface area contributed by atoms with Gasteiger partial charge in [0.2, 0.25) is 0 Å². The van der Waals surface area contributed by atoms with E-state index < -0.39 is 0 Å². The van der Waals surface area contributed by atoms with Crippen LogP contribution >= 0.6 is 0 Å². The number of benzene rings is 1. The van der Waals surface area contributed by atoms with E-state index in [0.29, 0.717) is 0 Å². The second-order valence-corrected chi connectivity index (χ2v) is 3.65. The molecule has 12 heavy (non-hydrogen) atoms. The Morgan fingerprint density at radius 2 is 2.25 bits per heavy atom. The van der Waals surface area contributed by atoms with E-state index in [2.05, 4.69) is 37.4 Å². The molecule has 0 fully saturated rings. The molecular formula is C11H15N. The van der Waals surface area contributed by atoms with Crippen molar-refractivity contribution in [1.29, 1.82) is 0 Å². The normalized spacial score (nSPS) is 21.3. The van der Waals surface area contributed by atoms with E-state index in [9.17, 15) is 0 Å². The van der Waals surface area contributed by atoms with E-state index in [-0.39, 0.29) is 0 Å². The summed E-state index contributed by atoms with van der Waals surface area (Å²) in [7, 11) is 0. The van der Waals surface area contributed by atoms with Crippen molar-refractivity contribution < 1.29 is 0 Å². The molecule has 0 aromatic heterocycles. The zero-order valence-corrected chi connectivity index (χ0v) is 7.72. The van der Waals surface area contributed by atoms with Gasteiger partial charge in [-0.1, -0.05) is 19.1 Å². The monoisotopic (exact) mass is 161 g/mol. The average molecular weight is 161 g/mol. The van der Waals surface area contributed by atoms with Gasteiger partial charge in [-0.05, 0) is 36.5 Å². The van der Waals surface area contributed by atoms with E-state index in [4.69, 9.17) is 0 Å². The standard InChI is InChI=1S/C11H15N/c1-8-4-3-5-10-11(8)9(2)6-7-12-10/h3-5,9,12H,6-7H2,1-2H3/t9-/m0/s1. The van der Waals surface area contributed by atoms with Crippen molar-refractivity contribution >= 4 is 5.69 Å². The number of anilines is 1. The fourth-order valence-corrected chi connectivity index (χ4v) is 2.06. The third-order valence-corrected chi connectivity index (χ3v) is 2.71. The van der Waals surface area contributed by atoms with E-state index in [0.717, 1.165) is 12.5 Å². The van der Waals surface area contributed by atoms with Crippen molar-refractivity contribution in [2.45, 2.75) is 26.2 Å². The number of nitrogens with one attached hydrogen (secondary N) is 1. The topological polar surface area (TPSA) is 12.0 Å². The molecule has 0 bridgehead atoms. The van der Waals surface area contributed by atoms with Gasteiger partial charge in [0.05, 0.1) is 0 Å². The van der Waals surface area contributed by atoms with Gasteiger partial charge in [-0.15, -0.1) is 0 Å². The van der Waals surface area contributed by atoms with Crippen molar-refractivity contribution in [3.05, 3.63) is 29.3 Å². The number of fused-ring (bicyclic) bond motifs is 1. The Bertz CT molecular complexity index is 291. The van der Waals surface area contributed by atoms with Crippen LogP contribution in [0.2, 0.25) is 0 Å². The molecule has 1 aromatic rings. The van der Waals surface area contributed by atoms with Crippen molar-refractivity contribution in [3.63, 3.8) is 0 Å². The minimum absolute atomic E-state index is 0.724. The third-order valence-electron chi connectivity index (χ3n) is 2.71. The number of rotatable bonds is 0. The Morgan fingerprint density at radius 3 is 3.00 bits per heavy atom. The van der Waals surface area contributed by atoms with Crippen LogP contribution in [0, 0.1) is 6.92 Å². The highest BCUT2D eigenvalue weighted by atomic mass is 14.9. The van der Waals surface area contributed by atoms with Crippen LogP contribution in [0.1, 0.15) is 30.4 Å². The zero-order chi connectivity index (χ0) is 8.55. The maximum Gasteiger partial charge on any atom is 0.0378 e. The summed E-state index contributed by atoms with van der Waals surface area (Å²) in [5, 5.41) is 3.43. The minimum Gasteiger partial charge on any atom is -0.385 e. The van der Waals surface area contributed by atoms with Crippen LogP contribution in [0.5, 0.6) is 0 Å². The molecule has 1 heterocycles. The molecule has 1 atom stereocenters. The highest BCUT2D eigenvalue weighted by molar-refractivity contribution is 5.57. The Morgan fingerprint density at radius 1 is 1.42 bits per heavy atom. The predicted octanol–water partition coefficient (Wildman–Crippen LogP) is 2.91. The quantitative estimate of drug-likeness (QED) is 0.617. The summed E-state index contributed by atoms with van der Waals surface area (Å²) in [6.07, 6.45) is 1.26. The molecule has 1 nitrogen and oxygen atoms in total. The van der Waals surface area contributed by atoms with Crippen LogP contribution in [-0.4, -0.2) is 6.54 Å². The van der Waals surface area contributed by atoms with Crippen LogP contribution in [0.3, 0.4) is 0 Å². The summed E-state index contributed by atoms with van der Waals surface area (Å²) < 4.78 is 0. The van der Waals surface area contributed by atoms with Crippen molar-refractivity contribution in [2.75, 3.05) is 11.9 Å². The Hall–Kier alpha value is -0.980. The minimum atomic E-state index is 0.724. The number of hydrogen-bond donors (Lipinski definition) is 1. The molecule has 0 amide bonds. The third kappa shape index (κ3) is 1.09. The fraction of sp³-hybridized carbons (Fsp3) is 0.455. The first-order valence-electron chi connectivity index (χ1n) is 4.62. The van der Waals surface area contributed by atoms with Gasteiger partial charge in [-0.25, -0.2) is 0 Å². The molecule has 1 N–H and O–H groups in total. The smallest absolute Gasteiger partial charge is 0.0378 e. The second-order valence-electron chi connectivity index (χ2n) is 3.65. The summed E-state index contributed by atoms with van der Waals surface area (Å²) in [5.74, 6) is 0.724. The van der Waals surface area contributed by atoms with E-state index in [1.54, 1.807) is 0 Å². The molecule has 0 spiro atoms. The van der Waals surface area contributed by atoms with E-state index >= 15 is 0 Å². The van der Waals surface area contributed by atoms with Crippen LogP contribution in [0.25, 0.3) is 0 Å². The predicted molar refractivity (Wildman–Crippen MR) is 52.7 cm³/mol. The van der Waals surface area contributed by atoms with Crippen molar-refractivity contribution in [2.24, 2.45) is 0 Å². The van der Waals surface area contributed by atoms with Crippen LogP contribution in [0.15, 0.2) is 18.2 Å². The Balaban J connectivity index is 2.53. The highest BCUT2D eigenvalue weighted by Crippen LogP contribution is 2.33. The first-order valence-corrected chi connectivity index (χ1v) is 4.62. The van der Waals surface area contributed by atoms with Crippen LogP contribution in [-0.2, 0) is 0 Å². The Labute approximate surface area is 73.8 Å². The molecule has 64 valence electrons. The summed E-state index contributed by atoms with van der Waals surface area (Å²) in [5.41, 5.74) is 4.28. The maximum atomic E-state index is 3.43. The Kier molecular flexibility index (Phi) is 1.80. The highest BCUT2D eigenvalue weighted by Gasteiger charge is 2.16. The van der Waals surface area contributed by atoms with E-state index in [1.165, 1.54) is 23.2 Å². The summed E-state index contributed by atoms with van der Waals surface area (Å²) in [6.45, 7) is 5.63. The van der Waals surface area contributed by atoms with Gasteiger partial charge in [0.1, 0.15) is 0 Å². The second kappa shape index (κ2) is 2.81. The number of hydrogen-bond acceptors (Lipinski definition) is 1. The first kappa shape index (κ1) is 7.66. The largest absolute Gasteiger partial charge is 0.385 e. The van der Waals surface area contributed by atoms with E-state index in [1.807, 2.05) is 0 Å². The van der Waals surface area contributed by atoms with Crippen molar-refractivity contribution in [3.8, 4) is 0 Å². The van der Waals surface area contributed by atoms with Crippen LogP contribution in [0.4, 0.5) is 5.69 Å². The molecule has 0 aliphatic carbocycles. The summed E-state index contributed by atoms with van der Waals surface area (Å²) >= 11 is 0. The molecule has 1 aliphatic heterocycles. The van der Waals surface area contributed by atoms with Gasteiger partial charge in [0.25, 0.3) is 0 Å². The summed E-state index contributed by atoms with van der Waals surface area (Å²) in [6, 6.07) is 6.50. The van der Waals surface area contributed by atoms with Gasteiger partial charge >= 0.3 is 0 Å². The fourth-order valence-electron chi connectivity index (χ4n) is 2.06. The molecule has 2 rings (SSSR count). The molecule has 1 heteroatoms. The average Bonchev–Trinajstić information content (AvgIpc) is 2.04. The maximum absolute atomic E-state index is 3.43. The summed E-state index contributed by atoms with van der Waals surface area (Å²) in [4.78, 5) is 0. The lowest BCUT2D eigenvalue weighted by molar-refractivity contribution is 0.679. The lowest BCUT2D eigenvalue weighted by atomic mass is 9.89. The van der Waals surface area contributed by atoms with Gasteiger partial charge < -0.3 is 5.32 Å². The van der Waals surface area contributed by atoms with Gasteiger partial charge in [0.15, 0.2) is 0 Å². The van der Waals surface area contributed by atoms with Gasteiger partial charge in [-0.2, -0.15) is 0 Å². The molecular weight excluding hydrogens is 146 g/mol. The van der Waals surface area contributed by atoms with Gasteiger partial charge in [-0.3, -0.25) is 0 Å².